The quantitative estimate of drug-likeness (QED) is 0.418. The molecule has 0 aliphatic carbocycles. The third-order valence-corrected chi connectivity index (χ3v) is 4.78. The highest BCUT2D eigenvalue weighted by molar-refractivity contribution is 9.10. The molecule has 1 saturated heterocycles. The van der Waals surface area contributed by atoms with Crippen LogP contribution in [0.4, 0.5) is 16.2 Å². The predicted molar refractivity (Wildman–Crippen MR) is 110 cm³/mol. The maximum absolute atomic E-state index is 13.2. The van der Waals surface area contributed by atoms with Gasteiger partial charge in [-0.3, -0.25) is 9.69 Å². The zero-order chi connectivity index (χ0) is 18.8. The molecule has 0 atom stereocenters. The maximum atomic E-state index is 13.2. The van der Waals surface area contributed by atoms with E-state index in [9.17, 15) is 9.59 Å². The molecule has 1 aliphatic rings. The Hall–Kier alpha value is -3.18. The van der Waals surface area contributed by atoms with Crippen molar-refractivity contribution < 1.29 is 9.59 Å². The second-order valence-electron chi connectivity index (χ2n) is 6.01. The Bertz CT molecular complexity index is 1020. The topological polar surface area (TPSA) is 40.6 Å². The molecule has 27 heavy (non-hydrogen) atoms. The third kappa shape index (κ3) is 3.29. The van der Waals surface area contributed by atoms with Crippen LogP contribution in [-0.4, -0.2) is 11.9 Å². The fourth-order valence-electron chi connectivity index (χ4n) is 2.97. The second-order valence-corrected chi connectivity index (χ2v) is 6.93. The third-order valence-electron chi connectivity index (χ3n) is 4.25. The first-order valence-electron chi connectivity index (χ1n) is 8.41. The van der Waals surface area contributed by atoms with E-state index in [0.717, 1.165) is 10.0 Å². The van der Waals surface area contributed by atoms with Crippen LogP contribution in [0.3, 0.4) is 0 Å². The summed E-state index contributed by atoms with van der Waals surface area (Å²) in [5, 5.41) is 0. The zero-order valence-electron chi connectivity index (χ0n) is 14.2. The average molecular weight is 419 g/mol. The first kappa shape index (κ1) is 17.2. The van der Waals surface area contributed by atoms with Gasteiger partial charge in [0.2, 0.25) is 0 Å². The highest BCUT2D eigenvalue weighted by atomic mass is 79.9. The number of hydrogen-bond acceptors (Lipinski definition) is 2. The van der Waals surface area contributed by atoms with E-state index in [1.807, 2.05) is 60.7 Å². The Balaban J connectivity index is 1.84. The molecule has 3 aromatic rings. The monoisotopic (exact) mass is 418 g/mol. The van der Waals surface area contributed by atoms with Crippen LogP contribution in [-0.2, 0) is 4.79 Å². The Morgan fingerprint density at radius 2 is 1.19 bits per heavy atom. The van der Waals surface area contributed by atoms with E-state index in [4.69, 9.17) is 0 Å². The average Bonchev–Trinajstić information content (AvgIpc) is 2.95. The minimum atomic E-state index is -0.388. The van der Waals surface area contributed by atoms with Crippen molar-refractivity contribution in [3.8, 4) is 0 Å². The van der Waals surface area contributed by atoms with Gasteiger partial charge in [0.15, 0.2) is 0 Å². The number of benzene rings is 3. The van der Waals surface area contributed by atoms with Crippen molar-refractivity contribution in [3.05, 3.63) is 101 Å². The van der Waals surface area contributed by atoms with E-state index in [0.29, 0.717) is 17.1 Å². The fourth-order valence-corrected chi connectivity index (χ4v) is 3.24. The van der Waals surface area contributed by atoms with Crippen molar-refractivity contribution >= 4 is 45.3 Å². The van der Waals surface area contributed by atoms with Crippen molar-refractivity contribution in [1.29, 1.82) is 0 Å². The summed E-state index contributed by atoms with van der Waals surface area (Å²) in [5.74, 6) is -0.349. The Morgan fingerprint density at radius 1 is 0.667 bits per heavy atom. The summed E-state index contributed by atoms with van der Waals surface area (Å²) >= 11 is 3.41. The molecular weight excluding hydrogens is 404 g/mol. The number of carbonyl (C=O) groups is 2. The molecule has 132 valence electrons. The smallest absolute Gasteiger partial charge is 0.266 e. The van der Waals surface area contributed by atoms with Crippen LogP contribution in [0, 0.1) is 0 Å². The molecule has 1 heterocycles. The van der Waals surface area contributed by atoms with Gasteiger partial charge in [0.1, 0.15) is 5.70 Å². The van der Waals surface area contributed by atoms with Gasteiger partial charge >= 0.3 is 6.03 Å². The molecule has 4 nitrogen and oxygen atoms in total. The van der Waals surface area contributed by atoms with Crippen LogP contribution >= 0.6 is 15.9 Å². The first-order valence-corrected chi connectivity index (χ1v) is 9.20. The summed E-state index contributed by atoms with van der Waals surface area (Å²) in [6.07, 6.45) is 1.74. The first-order chi connectivity index (χ1) is 13.1. The van der Waals surface area contributed by atoms with Gasteiger partial charge in [-0.2, -0.15) is 0 Å². The van der Waals surface area contributed by atoms with Gasteiger partial charge in [0, 0.05) is 4.47 Å². The van der Waals surface area contributed by atoms with Gasteiger partial charge < -0.3 is 0 Å². The van der Waals surface area contributed by atoms with E-state index in [1.54, 1.807) is 30.3 Å². The number of halogens is 1. The van der Waals surface area contributed by atoms with Crippen LogP contribution in [0.2, 0.25) is 0 Å². The normalized spacial score (nSPS) is 15.7. The Labute approximate surface area is 165 Å². The van der Waals surface area contributed by atoms with Gasteiger partial charge in [0.25, 0.3) is 5.91 Å². The summed E-state index contributed by atoms with van der Waals surface area (Å²) in [6, 6.07) is 25.3. The fraction of sp³-hybridized carbons (Fsp3) is 0. The van der Waals surface area contributed by atoms with Gasteiger partial charge in [-0.1, -0.05) is 64.5 Å². The lowest BCUT2D eigenvalue weighted by molar-refractivity contribution is -0.113. The van der Waals surface area contributed by atoms with E-state index < -0.39 is 0 Å². The number of rotatable bonds is 3. The standard InChI is InChI=1S/C22H15BrN2O2/c23-17-13-11-16(12-14-17)15-20-21(26)25(19-9-5-2-6-10-19)22(27)24(20)18-7-3-1-4-8-18/h1-15H/b20-15+. The van der Waals surface area contributed by atoms with Crippen molar-refractivity contribution in [1.82, 2.24) is 0 Å². The van der Waals surface area contributed by atoms with Gasteiger partial charge in [-0.25, -0.2) is 9.69 Å². The highest BCUT2D eigenvalue weighted by Crippen LogP contribution is 2.33. The summed E-state index contributed by atoms with van der Waals surface area (Å²) in [5.41, 5.74) is 2.35. The predicted octanol–water partition coefficient (Wildman–Crippen LogP) is 5.46. The van der Waals surface area contributed by atoms with Crippen molar-refractivity contribution in [2.24, 2.45) is 0 Å². The van der Waals surface area contributed by atoms with E-state index in [2.05, 4.69) is 15.9 Å². The second kappa shape index (κ2) is 7.21. The number of para-hydroxylation sites is 2. The SMILES string of the molecule is O=C1/C(=C\c2ccc(Br)cc2)N(c2ccccc2)C(=O)N1c1ccccc1. The van der Waals surface area contributed by atoms with Gasteiger partial charge in [-0.15, -0.1) is 0 Å². The molecule has 0 N–H and O–H groups in total. The van der Waals surface area contributed by atoms with Crippen molar-refractivity contribution in [2.45, 2.75) is 0 Å². The molecule has 0 spiro atoms. The summed E-state index contributed by atoms with van der Waals surface area (Å²) in [6.45, 7) is 0. The molecule has 0 saturated carbocycles. The zero-order valence-corrected chi connectivity index (χ0v) is 15.8. The van der Waals surface area contributed by atoms with Crippen LogP contribution in [0.15, 0.2) is 95.1 Å². The number of nitrogens with zero attached hydrogens (tertiary/aromatic N) is 2. The lowest BCUT2D eigenvalue weighted by Gasteiger charge is -2.17. The van der Waals surface area contributed by atoms with Crippen LogP contribution in [0.5, 0.6) is 0 Å². The van der Waals surface area contributed by atoms with E-state index >= 15 is 0 Å². The molecule has 4 rings (SSSR count). The summed E-state index contributed by atoms with van der Waals surface area (Å²) in [4.78, 5) is 29.0. The van der Waals surface area contributed by atoms with E-state index in [1.165, 1.54) is 9.80 Å². The minimum absolute atomic E-state index is 0.317. The van der Waals surface area contributed by atoms with Crippen LogP contribution in [0.1, 0.15) is 5.56 Å². The minimum Gasteiger partial charge on any atom is -0.266 e. The molecule has 0 aromatic heterocycles. The van der Waals surface area contributed by atoms with Gasteiger partial charge in [0.05, 0.1) is 11.4 Å². The molecule has 3 amide bonds. The largest absolute Gasteiger partial charge is 0.340 e. The molecule has 3 aromatic carbocycles. The lowest BCUT2D eigenvalue weighted by Crippen LogP contribution is -2.32. The van der Waals surface area contributed by atoms with Crippen LogP contribution < -0.4 is 9.80 Å². The maximum Gasteiger partial charge on any atom is 0.340 e. The lowest BCUT2D eigenvalue weighted by atomic mass is 10.1. The van der Waals surface area contributed by atoms with Crippen molar-refractivity contribution in [2.75, 3.05) is 9.80 Å². The number of hydrogen-bond donors (Lipinski definition) is 0. The summed E-state index contributed by atoms with van der Waals surface area (Å²) in [7, 11) is 0. The van der Waals surface area contributed by atoms with Crippen molar-refractivity contribution in [3.63, 3.8) is 0 Å². The highest BCUT2D eigenvalue weighted by Gasteiger charge is 2.42. The Kier molecular flexibility index (Phi) is 4.60. The molecular formula is C22H15BrN2O2. The number of urea groups is 1. The molecule has 0 radical (unpaired) electrons. The molecule has 0 bridgehead atoms. The number of imide groups is 1. The Morgan fingerprint density at radius 3 is 1.74 bits per heavy atom. The van der Waals surface area contributed by atoms with Gasteiger partial charge in [-0.05, 0) is 48.0 Å². The number of anilines is 2. The van der Waals surface area contributed by atoms with E-state index in [-0.39, 0.29) is 11.9 Å². The molecule has 1 fully saturated rings. The number of amides is 3. The summed E-state index contributed by atoms with van der Waals surface area (Å²) < 4.78 is 0.948. The molecule has 0 unspecified atom stereocenters. The molecule has 1 aliphatic heterocycles. The molecule has 5 heteroatoms. The van der Waals surface area contributed by atoms with Crippen LogP contribution in [0.25, 0.3) is 6.08 Å². The number of carbonyl (C=O) groups excluding carboxylic acids is 2.